The molecule has 1 unspecified atom stereocenters. The molecule has 4 nitrogen and oxygen atoms in total. The molecule has 4 aliphatic carbocycles. The summed E-state index contributed by atoms with van der Waals surface area (Å²) < 4.78 is 5.22. The molecular weight excluding hydrogens is 384 g/mol. The number of aliphatic hydroxyl groups is 1. The second-order valence-corrected chi connectivity index (χ2v) is 8.88. The lowest BCUT2D eigenvalue weighted by Crippen LogP contribution is -2.45. The number of carbonyl (C=O) groups excluding carboxylic acids is 2. The highest BCUT2D eigenvalue weighted by Crippen LogP contribution is 2.60. The predicted molar refractivity (Wildman–Crippen MR) is 96.9 cm³/mol. The number of rotatable bonds is 2. The molecular formula is C20H25BrO4. The quantitative estimate of drug-likeness (QED) is 0.430. The molecule has 3 saturated carbocycles. The summed E-state index contributed by atoms with van der Waals surface area (Å²) in [6.07, 6.45) is 9.90. The summed E-state index contributed by atoms with van der Waals surface area (Å²) >= 11 is 3.07. The highest BCUT2D eigenvalue weighted by Gasteiger charge is 2.55. The van der Waals surface area contributed by atoms with Crippen molar-refractivity contribution >= 4 is 27.7 Å². The minimum Gasteiger partial charge on any atom is -0.428 e. The first kappa shape index (κ1) is 17.5. The van der Waals surface area contributed by atoms with Crippen molar-refractivity contribution in [3.05, 3.63) is 23.3 Å². The Morgan fingerprint density at radius 1 is 1.36 bits per heavy atom. The van der Waals surface area contributed by atoms with Crippen molar-refractivity contribution in [2.75, 3.05) is 5.33 Å². The van der Waals surface area contributed by atoms with Crippen molar-refractivity contribution < 1.29 is 19.4 Å². The fourth-order valence-corrected chi connectivity index (χ4v) is 5.99. The first-order valence-corrected chi connectivity index (χ1v) is 10.4. The van der Waals surface area contributed by atoms with Gasteiger partial charge in [0.1, 0.15) is 11.1 Å². The van der Waals surface area contributed by atoms with E-state index in [2.05, 4.69) is 28.9 Å². The molecule has 0 radical (unpaired) electrons. The molecule has 5 atom stereocenters. The van der Waals surface area contributed by atoms with Gasteiger partial charge in [-0.3, -0.25) is 9.59 Å². The maximum atomic E-state index is 12.4. The van der Waals surface area contributed by atoms with E-state index in [-0.39, 0.29) is 10.7 Å². The third kappa shape index (κ3) is 2.74. The lowest BCUT2D eigenvalue weighted by Gasteiger charge is -2.50. The van der Waals surface area contributed by atoms with Crippen molar-refractivity contribution in [3.63, 3.8) is 0 Å². The van der Waals surface area contributed by atoms with Gasteiger partial charge in [0.2, 0.25) is 5.79 Å². The van der Waals surface area contributed by atoms with Crippen LogP contribution >= 0.6 is 15.9 Å². The minimum atomic E-state index is -1.51. The van der Waals surface area contributed by atoms with E-state index in [1.54, 1.807) is 6.08 Å². The Labute approximate surface area is 156 Å². The molecule has 3 fully saturated rings. The molecule has 0 aliphatic heterocycles. The average molecular weight is 409 g/mol. The molecule has 0 amide bonds. The Bertz CT molecular complexity index is 681. The number of fused-ring (bicyclic) bond motifs is 5. The van der Waals surface area contributed by atoms with E-state index < -0.39 is 11.8 Å². The van der Waals surface area contributed by atoms with Crippen LogP contribution in [0.1, 0.15) is 51.9 Å². The first-order valence-electron chi connectivity index (χ1n) is 9.32. The number of Topliss-reactive ketones (excluding diaryl/α,β-unsaturated/α-hetero) is 1. The van der Waals surface area contributed by atoms with E-state index in [0.29, 0.717) is 30.0 Å². The highest BCUT2D eigenvalue weighted by atomic mass is 79.9. The van der Waals surface area contributed by atoms with E-state index in [9.17, 15) is 14.7 Å². The number of alkyl halides is 1. The van der Waals surface area contributed by atoms with Gasteiger partial charge in [-0.1, -0.05) is 28.9 Å². The molecule has 0 aromatic rings. The van der Waals surface area contributed by atoms with Gasteiger partial charge in [-0.05, 0) is 67.1 Å². The standard InChI is InChI=1S/C20H25BrO4/c1-19-8-6-14-13-7-9-20(24,25-18(23)11-21)10-12(13)2-3-15(14)16(19)4-5-17(19)22/h7,10,14-16,24H,2-6,8-9,11H2,1H3/t14-,15-,16+,19+,20?/m1/s1. The first-order chi connectivity index (χ1) is 11.9. The fraction of sp³-hybridized carbons (Fsp3) is 0.700. The van der Waals surface area contributed by atoms with Crippen molar-refractivity contribution in [2.45, 2.75) is 57.7 Å². The van der Waals surface area contributed by atoms with Gasteiger partial charge in [0.15, 0.2) is 0 Å². The van der Waals surface area contributed by atoms with E-state index >= 15 is 0 Å². The van der Waals surface area contributed by atoms with Crippen LogP contribution in [-0.4, -0.2) is 28.0 Å². The van der Waals surface area contributed by atoms with Crippen LogP contribution in [0.4, 0.5) is 0 Å². The topological polar surface area (TPSA) is 63.6 Å². The number of ketones is 1. The zero-order valence-electron chi connectivity index (χ0n) is 14.6. The molecule has 1 N–H and O–H groups in total. The van der Waals surface area contributed by atoms with E-state index in [1.807, 2.05) is 0 Å². The van der Waals surface area contributed by atoms with Gasteiger partial charge in [-0.15, -0.1) is 0 Å². The zero-order chi connectivity index (χ0) is 17.8. The maximum absolute atomic E-state index is 12.4. The van der Waals surface area contributed by atoms with Gasteiger partial charge in [-0.25, -0.2) is 0 Å². The number of allylic oxidation sites excluding steroid dienone is 2. The van der Waals surface area contributed by atoms with Gasteiger partial charge in [0.25, 0.3) is 0 Å². The molecule has 4 aliphatic rings. The Hall–Kier alpha value is -0.940. The van der Waals surface area contributed by atoms with Crippen molar-refractivity contribution in [1.82, 2.24) is 0 Å². The Morgan fingerprint density at radius 2 is 2.16 bits per heavy atom. The van der Waals surface area contributed by atoms with Crippen LogP contribution in [-0.2, 0) is 14.3 Å². The van der Waals surface area contributed by atoms with Crippen molar-refractivity contribution in [2.24, 2.45) is 23.2 Å². The minimum absolute atomic E-state index is 0.0774. The summed E-state index contributed by atoms with van der Waals surface area (Å²) in [5, 5.41) is 10.7. The summed E-state index contributed by atoms with van der Waals surface area (Å²) in [6.45, 7) is 2.18. The smallest absolute Gasteiger partial charge is 0.319 e. The zero-order valence-corrected chi connectivity index (χ0v) is 16.2. The molecule has 136 valence electrons. The lowest BCUT2D eigenvalue weighted by molar-refractivity contribution is -0.186. The van der Waals surface area contributed by atoms with Crippen LogP contribution in [0.5, 0.6) is 0 Å². The number of esters is 1. The molecule has 0 heterocycles. The van der Waals surface area contributed by atoms with Crippen molar-refractivity contribution in [3.8, 4) is 0 Å². The molecule has 5 heteroatoms. The van der Waals surface area contributed by atoms with E-state index in [4.69, 9.17) is 4.74 Å². The number of carbonyl (C=O) groups is 2. The second kappa shape index (κ2) is 6.05. The molecule has 0 aromatic heterocycles. The largest absolute Gasteiger partial charge is 0.428 e. The predicted octanol–water partition coefficient (Wildman–Crippen LogP) is 3.68. The second-order valence-electron chi connectivity index (χ2n) is 8.32. The van der Waals surface area contributed by atoms with Gasteiger partial charge < -0.3 is 9.84 Å². The monoisotopic (exact) mass is 408 g/mol. The molecule has 0 spiro atoms. The number of ether oxygens (including phenoxy) is 1. The summed E-state index contributed by atoms with van der Waals surface area (Å²) in [6, 6.07) is 0. The van der Waals surface area contributed by atoms with Gasteiger partial charge in [0.05, 0.1) is 0 Å². The summed E-state index contributed by atoms with van der Waals surface area (Å²) in [5.74, 6) is 0.0653. The Balaban J connectivity index is 1.57. The van der Waals surface area contributed by atoms with Crippen LogP contribution in [0, 0.1) is 23.2 Å². The Morgan fingerprint density at radius 3 is 2.92 bits per heavy atom. The number of hydrogen-bond acceptors (Lipinski definition) is 4. The van der Waals surface area contributed by atoms with Crippen LogP contribution in [0.15, 0.2) is 23.3 Å². The number of hydrogen-bond donors (Lipinski definition) is 1. The normalized spacial score (nSPS) is 42.7. The van der Waals surface area contributed by atoms with Crippen LogP contribution in [0.2, 0.25) is 0 Å². The SMILES string of the molecule is C[C@]12CC[C@@H]3C4=CCC(O)(OC(=O)CBr)C=C4CC[C@H]3[C@@H]1CCC2=O. The third-order valence-electron chi connectivity index (χ3n) is 7.08. The molecule has 25 heavy (non-hydrogen) atoms. The fourth-order valence-electron chi connectivity index (χ4n) is 5.87. The van der Waals surface area contributed by atoms with Gasteiger partial charge in [-0.2, -0.15) is 0 Å². The lowest BCUT2D eigenvalue weighted by atomic mass is 9.54. The summed E-state index contributed by atoms with van der Waals surface area (Å²) in [7, 11) is 0. The molecule has 0 aromatic carbocycles. The van der Waals surface area contributed by atoms with Gasteiger partial charge in [0, 0.05) is 18.3 Å². The van der Waals surface area contributed by atoms with Crippen LogP contribution < -0.4 is 0 Å². The maximum Gasteiger partial charge on any atom is 0.319 e. The van der Waals surface area contributed by atoms with Crippen molar-refractivity contribution in [1.29, 1.82) is 0 Å². The molecule has 4 rings (SSSR count). The molecule has 0 bridgehead atoms. The van der Waals surface area contributed by atoms with E-state index in [1.165, 1.54) is 5.57 Å². The highest BCUT2D eigenvalue weighted by molar-refractivity contribution is 9.09. The Kier molecular flexibility index (Phi) is 4.23. The average Bonchev–Trinajstić information content (AvgIpc) is 2.89. The van der Waals surface area contributed by atoms with Crippen LogP contribution in [0.3, 0.4) is 0 Å². The van der Waals surface area contributed by atoms with Crippen LogP contribution in [0.25, 0.3) is 0 Å². The summed E-state index contributed by atoms with van der Waals surface area (Å²) in [5.41, 5.74) is 2.35. The third-order valence-corrected chi connectivity index (χ3v) is 7.54. The van der Waals surface area contributed by atoms with Gasteiger partial charge >= 0.3 is 5.97 Å². The number of halogens is 1. The molecule has 0 saturated heterocycles. The van der Waals surface area contributed by atoms with E-state index in [0.717, 1.165) is 44.1 Å². The summed E-state index contributed by atoms with van der Waals surface area (Å²) in [4.78, 5) is 23.9.